The van der Waals surface area contributed by atoms with Crippen LogP contribution in [0.4, 0.5) is 5.69 Å². The number of aliphatic hydroxyl groups is 1. The molecule has 0 radical (unpaired) electrons. The number of carbonyl (C=O) groups excluding carboxylic acids is 5. The van der Waals surface area contributed by atoms with Gasteiger partial charge in [0.05, 0.1) is 11.1 Å². The van der Waals surface area contributed by atoms with E-state index in [0.29, 0.717) is 48.2 Å². The lowest BCUT2D eigenvalue weighted by Crippen LogP contribution is -2.28. The molecule has 0 fully saturated rings. The Labute approximate surface area is 522 Å². The molecule has 18 heteroatoms. The van der Waals surface area contributed by atoms with E-state index >= 15 is 0 Å². The Morgan fingerprint density at radius 3 is 1.30 bits per heavy atom. The largest absolute Gasteiger partial charge is 0.506 e. The van der Waals surface area contributed by atoms with Crippen LogP contribution in [0.5, 0.6) is 0 Å². The standard InChI is InChI=1S/C42H44N2O6.C30H26N6O4/c45-37(46)17-9-3-11-27-43(29-31-13-5-1-6-14-31)35-23-19-33(20-24-35)39-41(49)40(42(39)50)34-21-25-36(26-22-34)44(28-12-4-10-18-38(47)48)30-32-15-7-2-8-16-32;37-27-23-3-1-4-24(35-23)28(38)32-16-20-9-13-22(14-10-20)18-34-30(40)26-6-2-5-25(36-26)29(39)33-17-21-11-7-19(8-12-21)15-31-27/h1-2,5-8,13-16,19-26H,3-4,9-12,17-18,27-30H2,(H2-,45,46,47,48,49,50);1-14H,15-18H2,(H,31,37)(H,32,38)(H,33,39)(H,34,40)/p+1. The van der Waals surface area contributed by atoms with Crippen molar-refractivity contribution in [3.63, 3.8) is 0 Å². The van der Waals surface area contributed by atoms with Gasteiger partial charge in [-0.15, -0.1) is 0 Å². The number of carbonyl (C=O) groups is 7. The second-order valence-electron chi connectivity index (χ2n) is 21.9. The fourth-order valence-electron chi connectivity index (χ4n) is 10.4. The summed E-state index contributed by atoms with van der Waals surface area (Å²) in [6.07, 6.45) is 12.7. The third-order valence-electron chi connectivity index (χ3n) is 15.3. The molecule has 6 heterocycles. The van der Waals surface area contributed by atoms with Gasteiger partial charge in [-0.2, -0.15) is 0 Å². The first kappa shape index (κ1) is 63.6. The van der Waals surface area contributed by atoms with Gasteiger partial charge in [0, 0.05) is 81.9 Å². The molecule has 7 aromatic rings. The molecular weight excluding hydrogens is 1140 g/mol. The molecule has 0 atom stereocenters. The summed E-state index contributed by atoms with van der Waals surface area (Å²) >= 11 is 0. The normalized spacial score (nSPS) is 14.2. The van der Waals surface area contributed by atoms with Crippen LogP contribution < -0.4 is 26.2 Å². The first-order valence-corrected chi connectivity index (χ1v) is 30.0. The lowest BCUT2D eigenvalue weighted by Gasteiger charge is -2.27. The number of rotatable bonds is 18. The topological polar surface area (TPSA) is 260 Å². The number of hydrogen-bond donors (Lipinski definition) is 7. The Kier molecular flexibility index (Phi) is 22.4. The minimum absolute atomic E-state index is 0.00496. The number of aliphatic carboxylic acids is 2. The van der Waals surface area contributed by atoms with Crippen molar-refractivity contribution >= 4 is 58.3 Å². The summed E-state index contributed by atoms with van der Waals surface area (Å²) in [5, 5.41) is 40.3. The minimum Gasteiger partial charge on any atom is -0.506 e. The van der Waals surface area contributed by atoms with Crippen molar-refractivity contribution in [3.05, 3.63) is 273 Å². The number of carboxylic acid groups (broad SMARTS) is 2. The molecule has 0 unspecified atom stereocenters. The van der Waals surface area contributed by atoms with Crippen LogP contribution in [0.2, 0.25) is 0 Å². The zero-order valence-electron chi connectivity index (χ0n) is 49.8. The van der Waals surface area contributed by atoms with E-state index in [1.54, 1.807) is 36.4 Å². The molecule has 7 N–H and O–H groups in total. The first-order chi connectivity index (χ1) is 43.7. The van der Waals surface area contributed by atoms with E-state index in [9.17, 15) is 38.7 Å². The van der Waals surface area contributed by atoms with Crippen LogP contribution in [0, 0.1) is 0 Å². The fourth-order valence-corrected chi connectivity index (χ4v) is 10.4. The van der Waals surface area contributed by atoms with E-state index in [-0.39, 0.29) is 73.3 Å². The number of nitrogens with one attached hydrogen (secondary N) is 4. The van der Waals surface area contributed by atoms with Gasteiger partial charge in [0.2, 0.25) is 5.78 Å². The average molecular weight is 1210 g/mol. The number of hydrogen-bond acceptors (Lipinski definition) is 11. The number of nitrogens with zero attached hydrogens (tertiary/aromatic N) is 4. The highest BCUT2D eigenvalue weighted by molar-refractivity contribution is 6.39. The molecule has 0 spiro atoms. The van der Waals surface area contributed by atoms with Gasteiger partial charge >= 0.3 is 11.9 Å². The number of anilines is 1. The maximum Gasteiger partial charge on any atom is 0.303 e. The van der Waals surface area contributed by atoms with Gasteiger partial charge in [-0.25, -0.2) is 14.5 Å². The predicted octanol–water partition coefficient (Wildman–Crippen LogP) is 10.4. The second kappa shape index (κ2) is 31.7. The molecule has 2 aromatic heterocycles. The third kappa shape index (κ3) is 18.1. The zero-order valence-corrected chi connectivity index (χ0v) is 49.8. The van der Waals surface area contributed by atoms with E-state index in [2.05, 4.69) is 65.0 Å². The fraction of sp³-hybridized carbons (Fsp3) is 0.222. The maximum absolute atomic E-state index is 13.4. The maximum atomic E-state index is 13.4. The number of Topliss-reactive ketones (excluding diaryl/α,β-unsaturated/α-hetero) is 1. The SMILES string of the molecule is O=C(O)CCCCCN(Cc1ccccc1)c1ccc(C2=C(O)C(=C3C=CC(=[N+](CCCCCC(=O)O)Cc4ccccc4)C=C3)C2=O)cc1.O=C1NCc2ccc(cc2)CNC(=O)c2cccc(n2)C(=O)NCc2ccc(cc2)CNC(=O)c2cccc1n2. The van der Waals surface area contributed by atoms with Gasteiger partial charge in [0.25, 0.3) is 23.6 Å². The second-order valence-corrected chi connectivity index (χ2v) is 21.9. The van der Waals surface area contributed by atoms with Gasteiger partial charge in [-0.05, 0) is 113 Å². The lowest BCUT2D eigenvalue weighted by atomic mass is 9.80. The van der Waals surface area contributed by atoms with Crippen molar-refractivity contribution in [2.75, 3.05) is 18.0 Å². The lowest BCUT2D eigenvalue weighted by molar-refractivity contribution is -0.543. The van der Waals surface area contributed by atoms with Crippen LogP contribution in [-0.4, -0.2) is 90.0 Å². The molecule has 4 amide bonds. The highest BCUT2D eigenvalue weighted by Gasteiger charge is 2.37. The van der Waals surface area contributed by atoms with Gasteiger partial charge in [0.15, 0.2) is 12.3 Å². The van der Waals surface area contributed by atoms with Crippen molar-refractivity contribution in [2.45, 2.75) is 90.6 Å². The molecule has 18 nitrogen and oxygen atoms in total. The summed E-state index contributed by atoms with van der Waals surface area (Å²) in [6, 6.07) is 52.2. The Morgan fingerprint density at radius 2 is 0.878 bits per heavy atom. The van der Waals surface area contributed by atoms with E-state index in [1.165, 1.54) is 11.1 Å². The monoisotopic (exact) mass is 1210 g/mol. The number of benzene rings is 5. The predicted molar refractivity (Wildman–Crippen MR) is 342 cm³/mol. The van der Waals surface area contributed by atoms with Crippen molar-refractivity contribution in [1.29, 1.82) is 0 Å². The molecular formula is C72H71N8O10+. The van der Waals surface area contributed by atoms with E-state index in [1.807, 2.05) is 133 Å². The molecule has 4 aliphatic heterocycles. The van der Waals surface area contributed by atoms with Crippen LogP contribution in [0.15, 0.2) is 211 Å². The summed E-state index contributed by atoms with van der Waals surface area (Å²) in [5.41, 5.74) is 10.2. The Morgan fingerprint density at radius 1 is 0.456 bits per heavy atom. The van der Waals surface area contributed by atoms with Crippen LogP contribution in [0.1, 0.15) is 132 Å². The van der Waals surface area contributed by atoms with Gasteiger partial charge in [-0.1, -0.05) is 140 Å². The van der Waals surface area contributed by atoms with Crippen LogP contribution in [0.25, 0.3) is 5.57 Å². The molecule has 13 rings (SSSR count). The van der Waals surface area contributed by atoms with Gasteiger partial charge in [0.1, 0.15) is 35.1 Å². The van der Waals surface area contributed by atoms with Crippen LogP contribution in [0.3, 0.4) is 0 Å². The van der Waals surface area contributed by atoms with Crippen molar-refractivity contribution in [2.24, 2.45) is 0 Å². The summed E-state index contributed by atoms with van der Waals surface area (Å²) in [7, 11) is 0. The van der Waals surface area contributed by atoms with E-state index in [4.69, 9.17) is 10.2 Å². The highest BCUT2D eigenvalue weighted by Crippen LogP contribution is 2.39. The Hall–Kier alpha value is -10.9. The quantitative estimate of drug-likeness (QED) is 0.0240. The number of aliphatic hydroxyl groups excluding tert-OH is 1. The van der Waals surface area contributed by atoms with E-state index in [0.717, 1.165) is 72.4 Å². The molecule has 90 heavy (non-hydrogen) atoms. The van der Waals surface area contributed by atoms with Crippen molar-refractivity contribution < 1.29 is 53.5 Å². The number of ketones is 1. The average Bonchev–Trinajstić information content (AvgIpc) is 0.849. The number of amides is 4. The molecule has 0 saturated heterocycles. The Balaban J connectivity index is 0.000000219. The van der Waals surface area contributed by atoms with Gasteiger partial charge in [-0.3, -0.25) is 33.6 Å². The summed E-state index contributed by atoms with van der Waals surface area (Å²) in [5.74, 6) is -3.33. The number of pyridine rings is 2. The smallest absolute Gasteiger partial charge is 0.303 e. The van der Waals surface area contributed by atoms with Crippen LogP contribution in [-0.2, 0) is 53.7 Å². The zero-order chi connectivity index (χ0) is 63.2. The minimum atomic E-state index is -0.772. The number of allylic oxidation sites excluding steroid dienone is 7. The summed E-state index contributed by atoms with van der Waals surface area (Å²) in [6.45, 7) is 3.98. The number of unbranched alkanes of at least 4 members (excludes halogenated alkanes) is 4. The van der Waals surface area contributed by atoms with Crippen molar-refractivity contribution in [3.8, 4) is 0 Å². The van der Waals surface area contributed by atoms with Gasteiger partial charge < -0.3 is 41.5 Å². The molecule has 0 saturated carbocycles. The molecule has 8 bridgehead atoms. The summed E-state index contributed by atoms with van der Waals surface area (Å²) in [4.78, 5) is 96.7. The highest BCUT2D eigenvalue weighted by atomic mass is 16.4. The van der Waals surface area contributed by atoms with E-state index < -0.39 is 35.6 Å². The number of aromatic nitrogens is 2. The molecule has 5 aromatic carbocycles. The van der Waals surface area contributed by atoms with Crippen LogP contribution >= 0.6 is 0 Å². The Bertz CT molecular complexity index is 3650. The molecule has 458 valence electrons. The number of carboxylic acids is 2. The summed E-state index contributed by atoms with van der Waals surface area (Å²) < 4.78 is 2.26. The third-order valence-corrected chi connectivity index (χ3v) is 15.3. The van der Waals surface area contributed by atoms with Crippen molar-refractivity contribution in [1.82, 2.24) is 31.2 Å². The first-order valence-electron chi connectivity index (χ1n) is 30.0. The molecule has 2 aliphatic carbocycles. The molecule has 6 aliphatic rings.